The summed E-state index contributed by atoms with van der Waals surface area (Å²) in [6, 6.07) is 22.9. The SMILES string of the molecule is Nc1ccccc1NC(=O)CCCC(=O)NCc1ccc([C@@H]2O[C@H](CN3CCOCC3)C[C@H](c3ccc(CO)cc3)O2)cc1. The molecule has 3 aromatic rings. The largest absolute Gasteiger partial charge is 0.397 e. The van der Waals surface area contributed by atoms with Gasteiger partial charge < -0.3 is 35.7 Å². The normalized spacial score (nSPS) is 20.6. The molecule has 0 aliphatic carbocycles. The standard InChI is InChI=1S/C34H42N4O6/c35-29-4-1-2-5-30(29)37-33(41)7-3-6-32(40)36-21-24-8-14-27(15-9-24)34-43-28(22-38-16-18-42-19-17-38)20-31(44-34)26-12-10-25(23-39)11-13-26/h1-2,4-5,8-15,28,31,34,39H,3,6-7,16-23,35H2,(H,36,40)(H,37,41)/t28-,31+,34+/m0/s1. The number of aliphatic hydroxyl groups excluding tert-OH is 1. The van der Waals surface area contributed by atoms with Crippen LogP contribution in [0.5, 0.6) is 0 Å². The molecule has 3 aromatic carbocycles. The number of morpholine rings is 1. The van der Waals surface area contributed by atoms with Crippen molar-refractivity contribution >= 4 is 23.2 Å². The number of aliphatic hydroxyl groups is 1. The predicted molar refractivity (Wildman–Crippen MR) is 167 cm³/mol. The number of anilines is 2. The van der Waals surface area contributed by atoms with Gasteiger partial charge in [0.25, 0.3) is 0 Å². The summed E-state index contributed by atoms with van der Waals surface area (Å²) < 4.78 is 18.4. The zero-order valence-electron chi connectivity index (χ0n) is 25.0. The average molecular weight is 603 g/mol. The summed E-state index contributed by atoms with van der Waals surface area (Å²) in [5.74, 6) is -0.281. The van der Waals surface area contributed by atoms with Gasteiger partial charge in [-0.2, -0.15) is 0 Å². The van der Waals surface area contributed by atoms with E-state index in [1.165, 1.54) is 0 Å². The molecular weight excluding hydrogens is 560 g/mol. The van der Waals surface area contributed by atoms with Crippen molar-refractivity contribution in [3.05, 3.63) is 95.1 Å². The number of nitrogen functional groups attached to an aromatic ring is 1. The minimum Gasteiger partial charge on any atom is -0.397 e. The van der Waals surface area contributed by atoms with E-state index in [-0.39, 0.29) is 43.5 Å². The molecule has 3 atom stereocenters. The molecule has 0 aromatic heterocycles. The Bertz CT molecular complexity index is 1360. The molecule has 234 valence electrons. The lowest BCUT2D eigenvalue weighted by Crippen LogP contribution is -2.44. The van der Waals surface area contributed by atoms with Crippen LogP contribution in [0.25, 0.3) is 0 Å². The van der Waals surface area contributed by atoms with E-state index < -0.39 is 6.29 Å². The summed E-state index contributed by atoms with van der Waals surface area (Å²) >= 11 is 0. The lowest BCUT2D eigenvalue weighted by Gasteiger charge is -2.39. The molecule has 10 heteroatoms. The quantitative estimate of drug-likeness (QED) is 0.228. The van der Waals surface area contributed by atoms with Crippen LogP contribution < -0.4 is 16.4 Å². The van der Waals surface area contributed by atoms with Crippen LogP contribution >= 0.6 is 0 Å². The molecule has 2 aliphatic rings. The summed E-state index contributed by atoms with van der Waals surface area (Å²) in [7, 11) is 0. The number of benzene rings is 3. The van der Waals surface area contributed by atoms with Crippen LogP contribution in [0.3, 0.4) is 0 Å². The number of nitrogens with zero attached hydrogens (tertiary/aromatic N) is 1. The van der Waals surface area contributed by atoms with Gasteiger partial charge in [-0.25, -0.2) is 0 Å². The van der Waals surface area contributed by atoms with Gasteiger partial charge in [0.1, 0.15) is 0 Å². The molecule has 0 saturated carbocycles. The Morgan fingerprint density at radius 3 is 2.27 bits per heavy atom. The highest BCUT2D eigenvalue weighted by molar-refractivity contribution is 5.93. The fraction of sp³-hybridized carbons (Fsp3) is 0.412. The van der Waals surface area contributed by atoms with Crippen LogP contribution in [-0.2, 0) is 37.0 Å². The number of rotatable bonds is 12. The first kappa shape index (κ1) is 31.6. The number of ether oxygens (including phenoxy) is 3. The predicted octanol–water partition coefficient (Wildman–Crippen LogP) is 4.06. The van der Waals surface area contributed by atoms with Crippen molar-refractivity contribution < 1.29 is 28.9 Å². The molecule has 0 radical (unpaired) electrons. The molecule has 10 nitrogen and oxygen atoms in total. The topological polar surface area (TPSA) is 135 Å². The summed E-state index contributed by atoms with van der Waals surface area (Å²) in [4.78, 5) is 27.0. The van der Waals surface area contributed by atoms with Crippen molar-refractivity contribution in [1.29, 1.82) is 0 Å². The van der Waals surface area contributed by atoms with Crippen molar-refractivity contribution in [3.8, 4) is 0 Å². The monoisotopic (exact) mass is 602 g/mol. The maximum atomic E-state index is 12.4. The highest BCUT2D eigenvalue weighted by Gasteiger charge is 2.33. The number of para-hydroxylation sites is 2. The van der Waals surface area contributed by atoms with Gasteiger partial charge in [0.05, 0.1) is 43.4 Å². The average Bonchev–Trinajstić information content (AvgIpc) is 3.05. The van der Waals surface area contributed by atoms with Crippen molar-refractivity contribution in [3.63, 3.8) is 0 Å². The summed E-state index contributed by atoms with van der Waals surface area (Å²) in [6.07, 6.45) is 0.979. The van der Waals surface area contributed by atoms with Gasteiger partial charge >= 0.3 is 0 Å². The Labute approximate surface area is 258 Å². The Kier molecular flexibility index (Phi) is 11.3. The van der Waals surface area contributed by atoms with E-state index in [1.54, 1.807) is 24.3 Å². The molecule has 44 heavy (non-hydrogen) atoms. The van der Waals surface area contributed by atoms with Crippen LogP contribution in [0.1, 0.15) is 60.3 Å². The number of nitrogens with one attached hydrogen (secondary N) is 2. The van der Waals surface area contributed by atoms with E-state index in [4.69, 9.17) is 19.9 Å². The fourth-order valence-corrected chi connectivity index (χ4v) is 5.42. The van der Waals surface area contributed by atoms with Gasteiger partial charge in [-0.3, -0.25) is 14.5 Å². The van der Waals surface area contributed by atoms with Crippen LogP contribution in [0.15, 0.2) is 72.8 Å². The summed E-state index contributed by atoms with van der Waals surface area (Å²) in [6.45, 7) is 4.44. The van der Waals surface area contributed by atoms with Gasteiger partial charge in [0, 0.05) is 51.0 Å². The minimum atomic E-state index is -0.529. The third-order valence-electron chi connectivity index (χ3n) is 7.96. The molecule has 2 fully saturated rings. The molecule has 2 amide bonds. The Morgan fingerprint density at radius 2 is 1.55 bits per heavy atom. The molecule has 0 spiro atoms. The maximum absolute atomic E-state index is 12.4. The highest BCUT2D eigenvalue weighted by atomic mass is 16.7. The van der Waals surface area contributed by atoms with Gasteiger partial charge in [0.15, 0.2) is 6.29 Å². The van der Waals surface area contributed by atoms with E-state index in [9.17, 15) is 14.7 Å². The fourth-order valence-electron chi connectivity index (χ4n) is 5.42. The van der Waals surface area contributed by atoms with E-state index in [0.717, 1.165) is 61.5 Å². The molecular formula is C34H42N4O6. The second kappa shape index (κ2) is 15.8. The lowest BCUT2D eigenvalue weighted by molar-refractivity contribution is -0.253. The molecule has 5 rings (SSSR count). The Balaban J connectivity index is 1.12. The first-order valence-electron chi connectivity index (χ1n) is 15.3. The zero-order valence-corrected chi connectivity index (χ0v) is 25.0. The van der Waals surface area contributed by atoms with E-state index in [2.05, 4.69) is 15.5 Å². The summed E-state index contributed by atoms with van der Waals surface area (Å²) in [5, 5.41) is 15.2. The number of nitrogens with two attached hydrogens (primary N) is 1. The van der Waals surface area contributed by atoms with Crippen LogP contribution in [-0.4, -0.2) is 60.8 Å². The van der Waals surface area contributed by atoms with Crippen molar-refractivity contribution in [2.45, 2.75) is 57.3 Å². The van der Waals surface area contributed by atoms with E-state index >= 15 is 0 Å². The highest BCUT2D eigenvalue weighted by Crippen LogP contribution is 2.38. The van der Waals surface area contributed by atoms with Gasteiger partial charge in [-0.15, -0.1) is 0 Å². The van der Waals surface area contributed by atoms with Gasteiger partial charge in [-0.05, 0) is 35.2 Å². The number of carbonyl (C=O) groups is 2. The smallest absolute Gasteiger partial charge is 0.224 e. The first-order valence-corrected chi connectivity index (χ1v) is 15.3. The van der Waals surface area contributed by atoms with E-state index in [1.807, 2.05) is 48.5 Å². The Morgan fingerprint density at radius 1 is 0.864 bits per heavy atom. The second-order valence-electron chi connectivity index (χ2n) is 11.3. The Hall–Kier alpha value is -3.80. The van der Waals surface area contributed by atoms with Crippen molar-refractivity contribution in [1.82, 2.24) is 10.2 Å². The van der Waals surface area contributed by atoms with Crippen molar-refractivity contribution in [2.24, 2.45) is 0 Å². The lowest BCUT2D eigenvalue weighted by atomic mass is 9.99. The minimum absolute atomic E-state index is 0.00579. The number of carbonyl (C=O) groups excluding carboxylic acids is 2. The van der Waals surface area contributed by atoms with Gasteiger partial charge in [-0.1, -0.05) is 60.7 Å². The zero-order chi connectivity index (χ0) is 30.7. The first-order chi connectivity index (χ1) is 21.5. The third-order valence-corrected chi connectivity index (χ3v) is 7.96. The molecule has 0 unspecified atom stereocenters. The summed E-state index contributed by atoms with van der Waals surface area (Å²) in [5.41, 5.74) is 10.7. The van der Waals surface area contributed by atoms with Crippen LogP contribution in [0.4, 0.5) is 11.4 Å². The second-order valence-corrected chi connectivity index (χ2v) is 11.3. The number of hydrogen-bond donors (Lipinski definition) is 4. The number of amides is 2. The molecule has 0 bridgehead atoms. The maximum Gasteiger partial charge on any atom is 0.224 e. The number of hydrogen-bond acceptors (Lipinski definition) is 8. The molecule has 2 heterocycles. The molecule has 2 aliphatic heterocycles. The molecule has 5 N–H and O–H groups in total. The van der Waals surface area contributed by atoms with Gasteiger partial charge in [0.2, 0.25) is 11.8 Å². The molecule has 2 saturated heterocycles. The van der Waals surface area contributed by atoms with Crippen LogP contribution in [0.2, 0.25) is 0 Å². The third kappa shape index (κ3) is 9.10. The van der Waals surface area contributed by atoms with Crippen LogP contribution in [0, 0.1) is 0 Å². The van der Waals surface area contributed by atoms with Crippen molar-refractivity contribution in [2.75, 3.05) is 43.9 Å². The van der Waals surface area contributed by atoms with E-state index in [0.29, 0.717) is 24.3 Å².